The molecule has 0 saturated carbocycles. The third-order valence-corrected chi connectivity index (χ3v) is 1.92. The Labute approximate surface area is 95.7 Å². The summed E-state index contributed by atoms with van der Waals surface area (Å²) in [7, 11) is 0. The summed E-state index contributed by atoms with van der Waals surface area (Å²) in [4.78, 5) is 11.6. The van der Waals surface area contributed by atoms with Gasteiger partial charge in [0, 0.05) is 6.61 Å². The van der Waals surface area contributed by atoms with Crippen LogP contribution < -0.4 is 0 Å². The van der Waals surface area contributed by atoms with Crippen LogP contribution in [0.3, 0.4) is 0 Å². The van der Waals surface area contributed by atoms with Crippen molar-refractivity contribution in [3.63, 3.8) is 0 Å². The van der Waals surface area contributed by atoms with Crippen molar-refractivity contribution < 1.29 is 24.5 Å². The van der Waals surface area contributed by atoms with Crippen LogP contribution in [-0.2, 0) is 14.3 Å². The Morgan fingerprint density at radius 1 is 1.38 bits per heavy atom. The molecule has 94 valence electrons. The number of esters is 1. The number of hydrogen-bond acceptors (Lipinski definition) is 5. The predicted molar refractivity (Wildman–Crippen MR) is 58.9 cm³/mol. The van der Waals surface area contributed by atoms with E-state index in [1.54, 1.807) is 13.8 Å². The number of ether oxygens (including phenoxy) is 2. The fraction of sp³-hybridized carbons (Fsp3) is 0.727. The van der Waals surface area contributed by atoms with Crippen molar-refractivity contribution in [2.75, 3.05) is 26.4 Å². The summed E-state index contributed by atoms with van der Waals surface area (Å²) in [6.07, 6.45) is -1.03. The number of carbonyl (C=O) groups is 1. The van der Waals surface area contributed by atoms with E-state index >= 15 is 0 Å². The zero-order valence-corrected chi connectivity index (χ0v) is 10.0. The monoisotopic (exact) mass is 232 g/mol. The van der Waals surface area contributed by atoms with Gasteiger partial charge in [-0.05, 0) is 20.8 Å². The van der Waals surface area contributed by atoms with Crippen molar-refractivity contribution in [1.29, 1.82) is 0 Å². The summed E-state index contributed by atoms with van der Waals surface area (Å²) in [5.74, 6) is -0.513. The molecule has 0 saturated heterocycles. The molecular weight excluding hydrogens is 212 g/mol. The molecule has 2 N–H and O–H groups in total. The van der Waals surface area contributed by atoms with E-state index in [1.165, 1.54) is 0 Å². The van der Waals surface area contributed by atoms with E-state index in [0.29, 0.717) is 12.2 Å². The van der Waals surface area contributed by atoms with E-state index in [4.69, 9.17) is 19.7 Å². The van der Waals surface area contributed by atoms with Crippen molar-refractivity contribution in [3.8, 4) is 0 Å². The molecule has 5 nitrogen and oxygen atoms in total. The normalized spacial score (nSPS) is 12.1. The van der Waals surface area contributed by atoms with E-state index in [0.717, 1.165) is 5.57 Å². The van der Waals surface area contributed by atoms with Crippen LogP contribution in [0.15, 0.2) is 11.1 Å². The van der Waals surface area contributed by atoms with Crippen LogP contribution in [0, 0.1) is 0 Å². The number of hydrogen-bond donors (Lipinski definition) is 2. The van der Waals surface area contributed by atoms with Crippen LogP contribution >= 0.6 is 0 Å². The number of rotatable bonds is 7. The second kappa shape index (κ2) is 8.27. The van der Waals surface area contributed by atoms with Crippen molar-refractivity contribution in [2.45, 2.75) is 26.9 Å². The van der Waals surface area contributed by atoms with Crippen LogP contribution in [0.25, 0.3) is 0 Å². The van der Waals surface area contributed by atoms with Gasteiger partial charge in [0.15, 0.2) is 0 Å². The number of carbonyl (C=O) groups excluding carboxylic acids is 1. The Kier molecular flexibility index (Phi) is 7.80. The van der Waals surface area contributed by atoms with Gasteiger partial charge >= 0.3 is 5.97 Å². The van der Waals surface area contributed by atoms with Gasteiger partial charge in [-0.25, -0.2) is 4.79 Å². The maximum atomic E-state index is 11.6. The molecule has 0 aromatic carbocycles. The Balaban J connectivity index is 4.25. The third kappa shape index (κ3) is 5.85. The molecule has 1 unspecified atom stereocenters. The minimum absolute atomic E-state index is 0.201. The largest absolute Gasteiger partial charge is 0.459 e. The molecule has 16 heavy (non-hydrogen) atoms. The van der Waals surface area contributed by atoms with E-state index in [2.05, 4.69) is 0 Å². The molecule has 1 atom stereocenters. The molecule has 0 aliphatic rings. The fourth-order valence-electron chi connectivity index (χ4n) is 0.923. The zero-order valence-electron chi connectivity index (χ0n) is 10.0. The SMILES string of the molecule is CCOCC(C(=O)OCC(O)CO)=C(C)C. The molecule has 0 rings (SSSR count). The van der Waals surface area contributed by atoms with Gasteiger partial charge in [0.1, 0.15) is 12.7 Å². The van der Waals surface area contributed by atoms with Crippen molar-refractivity contribution in [2.24, 2.45) is 0 Å². The Morgan fingerprint density at radius 2 is 2.00 bits per heavy atom. The standard InChI is InChI=1S/C11H20O5/c1-4-15-7-10(8(2)3)11(14)16-6-9(13)5-12/h9,12-13H,4-7H2,1-3H3. The van der Waals surface area contributed by atoms with E-state index in [9.17, 15) is 4.79 Å². The second-order valence-electron chi connectivity index (χ2n) is 3.55. The minimum Gasteiger partial charge on any atom is -0.459 e. The number of aliphatic hydroxyl groups excluding tert-OH is 2. The second-order valence-corrected chi connectivity index (χ2v) is 3.55. The topological polar surface area (TPSA) is 76.0 Å². The highest BCUT2D eigenvalue weighted by Gasteiger charge is 2.14. The maximum absolute atomic E-state index is 11.6. The van der Waals surface area contributed by atoms with Gasteiger partial charge in [-0.15, -0.1) is 0 Å². The molecule has 0 spiro atoms. The van der Waals surface area contributed by atoms with Crippen LogP contribution in [0.1, 0.15) is 20.8 Å². The molecule has 0 amide bonds. The van der Waals surface area contributed by atoms with Crippen LogP contribution in [0.4, 0.5) is 0 Å². The first-order valence-corrected chi connectivity index (χ1v) is 5.23. The van der Waals surface area contributed by atoms with E-state index in [-0.39, 0.29) is 13.2 Å². The molecule has 0 radical (unpaired) electrons. The molecular formula is C11H20O5. The van der Waals surface area contributed by atoms with Gasteiger partial charge in [-0.3, -0.25) is 0 Å². The molecule has 0 aliphatic carbocycles. The van der Waals surface area contributed by atoms with Gasteiger partial charge in [-0.2, -0.15) is 0 Å². The first kappa shape index (κ1) is 15.1. The number of aliphatic hydroxyl groups is 2. The summed E-state index contributed by atoms with van der Waals surface area (Å²) >= 11 is 0. The molecule has 0 bridgehead atoms. The molecule has 0 aromatic heterocycles. The van der Waals surface area contributed by atoms with Gasteiger partial charge < -0.3 is 19.7 Å². The fourth-order valence-corrected chi connectivity index (χ4v) is 0.923. The summed E-state index contributed by atoms with van der Waals surface area (Å²) in [6.45, 7) is 5.50. The summed E-state index contributed by atoms with van der Waals surface area (Å²) in [5.41, 5.74) is 1.27. The van der Waals surface area contributed by atoms with E-state index in [1.807, 2.05) is 6.92 Å². The maximum Gasteiger partial charge on any atom is 0.336 e. The van der Waals surface area contributed by atoms with Crippen molar-refractivity contribution in [1.82, 2.24) is 0 Å². The van der Waals surface area contributed by atoms with Crippen molar-refractivity contribution >= 4 is 5.97 Å². The lowest BCUT2D eigenvalue weighted by Gasteiger charge is -2.12. The van der Waals surface area contributed by atoms with Gasteiger partial charge in [0.2, 0.25) is 0 Å². The molecule has 5 heteroatoms. The first-order chi connectivity index (χ1) is 7.52. The first-order valence-electron chi connectivity index (χ1n) is 5.23. The smallest absolute Gasteiger partial charge is 0.336 e. The van der Waals surface area contributed by atoms with Crippen LogP contribution in [0.5, 0.6) is 0 Å². The lowest BCUT2D eigenvalue weighted by atomic mass is 10.1. The van der Waals surface area contributed by atoms with Crippen LogP contribution in [0.2, 0.25) is 0 Å². The van der Waals surface area contributed by atoms with Crippen LogP contribution in [-0.4, -0.2) is 48.7 Å². The molecule has 0 fully saturated rings. The zero-order chi connectivity index (χ0) is 12.6. The average Bonchev–Trinajstić information content (AvgIpc) is 2.25. The molecule has 0 aliphatic heterocycles. The highest BCUT2D eigenvalue weighted by Crippen LogP contribution is 2.07. The Hall–Kier alpha value is -0.910. The summed E-state index contributed by atoms with van der Waals surface area (Å²) in [5, 5.41) is 17.6. The highest BCUT2D eigenvalue weighted by atomic mass is 16.5. The summed E-state index contributed by atoms with van der Waals surface area (Å²) < 4.78 is 9.97. The van der Waals surface area contributed by atoms with Gasteiger partial charge in [-0.1, -0.05) is 5.57 Å². The quantitative estimate of drug-likeness (QED) is 0.486. The lowest BCUT2D eigenvalue weighted by Crippen LogP contribution is -2.24. The van der Waals surface area contributed by atoms with Gasteiger partial charge in [0.05, 0.1) is 18.8 Å². The predicted octanol–water partition coefficient (Wildman–Crippen LogP) is 0.256. The minimum atomic E-state index is -1.03. The number of allylic oxidation sites excluding steroid dienone is 1. The average molecular weight is 232 g/mol. The Morgan fingerprint density at radius 3 is 2.44 bits per heavy atom. The molecule has 0 aromatic rings. The van der Waals surface area contributed by atoms with E-state index < -0.39 is 18.7 Å². The Bertz CT molecular complexity index is 243. The van der Waals surface area contributed by atoms with Crippen molar-refractivity contribution in [3.05, 3.63) is 11.1 Å². The molecule has 0 heterocycles. The lowest BCUT2D eigenvalue weighted by molar-refractivity contribution is -0.143. The van der Waals surface area contributed by atoms with Gasteiger partial charge in [0.25, 0.3) is 0 Å². The third-order valence-electron chi connectivity index (χ3n) is 1.92. The highest BCUT2D eigenvalue weighted by molar-refractivity contribution is 5.89. The summed E-state index contributed by atoms with van der Waals surface area (Å²) in [6, 6.07) is 0.